The Morgan fingerprint density at radius 1 is 1.18 bits per heavy atom. The molecule has 1 saturated carbocycles. The molecule has 2 N–H and O–H groups in total. The summed E-state index contributed by atoms with van der Waals surface area (Å²) < 4.78 is 0. The van der Waals surface area contributed by atoms with E-state index >= 15 is 0 Å². The van der Waals surface area contributed by atoms with Gasteiger partial charge in [-0.05, 0) is 18.9 Å². The lowest BCUT2D eigenvalue weighted by atomic mass is 10.1. The molecule has 8 nitrogen and oxygen atoms in total. The highest BCUT2D eigenvalue weighted by Gasteiger charge is 2.42. The zero-order chi connectivity index (χ0) is 19.8. The number of aromatic amines is 1. The van der Waals surface area contributed by atoms with E-state index < -0.39 is 6.10 Å². The Morgan fingerprint density at radius 2 is 1.89 bits per heavy atom. The van der Waals surface area contributed by atoms with Crippen LogP contribution in [0.5, 0.6) is 0 Å². The van der Waals surface area contributed by atoms with E-state index in [1.807, 2.05) is 29.2 Å². The Balaban J connectivity index is 1.44. The number of carbonyl (C=O) groups is 2. The first-order chi connectivity index (χ1) is 13.5. The number of piperazine rings is 1. The smallest absolute Gasteiger partial charge is 0.275 e. The Kier molecular flexibility index (Phi) is 5.07. The fraction of sp³-hybridized carbons (Fsp3) is 0.550. The Labute approximate surface area is 164 Å². The maximum Gasteiger partial charge on any atom is 0.275 e. The summed E-state index contributed by atoms with van der Waals surface area (Å²) in [7, 11) is 1.75. The molecule has 1 aliphatic carbocycles. The van der Waals surface area contributed by atoms with Crippen LogP contribution in [0.3, 0.4) is 0 Å². The third-order valence-corrected chi connectivity index (χ3v) is 6.27. The molecule has 8 heteroatoms. The maximum absolute atomic E-state index is 13.0. The molecule has 3 atom stereocenters. The van der Waals surface area contributed by atoms with Crippen LogP contribution >= 0.6 is 0 Å². The van der Waals surface area contributed by atoms with Crippen LogP contribution in [0.15, 0.2) is 24.3 Å². The quantitative estimate of drug-likeness (QED) is 0.811. The number of hydrogen-bond donors (Lipinski definition) is 2. The second-order valence-corrected chi connectivity index (χ2v) is 7.78. The van der Waals surface area contributed by atoms with Crippen molar-refractivity contribution in [2.45, 2.75) is 38.0 Å². The molecule has 2 amide bonds. The summed E-state index contributed by atoms with van der Waals surface area (Å²) in [6.07, 6.45) is 0.983. The minimum absolute atomic E-state index is 0.0188. The summed E-state index contributed by atoms with van der Waals surface area (Å²) in [5, 5.41) is 18.9. The van der Waals surface area contributed by atoms with Crippen LogP contribution in [0.25, 0.3) is 10.9 Å². The van der Waals surface area contributed by atoms with Gasteiger partial charge in [0.15, 0.2) is 5.69 Å². The molecule has 1 aromatic heterocycles. The lowest BCUT2D eigenvalue weighted by Crippen LogP contribution is -2.55. The normalized spacial score (nSPS) is 26.0. The molecule has 2 aromatic rings. The van der Waals surface area contributed by atoms with Crippen molar-refractivity contribution in [1.29, 1.82) is 0 Å². The molecule has 2 heterocycles. The van der Waals surface area contributed by atoms with Crippen molar-refractivity contribution in [2.75, 3.05) is 33.2 Å². The van der Waals surface area contributed by atoms with E-state index in [4.69, 9.17) is 0 Å². The Morgan fingerprint density at radius 3 is 2.61 bits per heavy atom. The predicted molar refractivity (Wildman–Crippen MR) is 105 cm³/mol. The van der Waals surface area contributed by atoms with Gasteiger partial charge in [-0.2, -0.15) is 5.10 Å². The molecule has 0 spiro atoms. The van der Waals surface area contributed by atoms with Crippen molar-refractivity contribution in [2.24, 2.45) is 0 Å². The minimum atomic E-state index is -0.608. The van der Waals surface area contributed by atoms with Crippen LogP contribution in [0.1, 0.15) is 30.3 Å². The highest BCUT2D eigenvalue weighted by Crippen LogP contribution is 2.30. The van der Waals surface area contributed by atoms with Gasteiger partial charge in [-0.1, -0.05) is 18.2 Å². The largest absolute Gasteiger partial charge is 0.389 e. The SMILES string of the molecule is CC(=O)N1CCN([C@@H]2CC[C@@H](N(C)C(=O)c3n[nH]c4ccccc34)[C@H]2O)CC1. The van der Waals surface area contributed by atoms with Gasteiger partial charge >= 0.3 is 0 Å². The summed E-state index contributed by atoms with van der Waals surface area (Å²) in [6, 6.07) is 7.33. The number of para-hydroxylation sites is 1. The number of aliphatic hydroxyl groups is 1. The van der Waals surface area contributed by atoms with Crippen LogP contribution in [0, 0.1) is 0 Å². The van der Waals surface area contributed by atoms with E-state index in [1.54, 1.807) is 18.9 Å². The van der Waals surface area contributed by atoms with Crippen LogP contribution in [-0.4, -0.2) is 93.2 Å². The summed E-state index contributed by atoms with van der Waals surface area (Å²) >= 11 is 0. The summed E-state index contributed by atoms with van der Waals surface area (Å²) in [6.45, 7) is 4.50. The fourth-order valence-electron chi connectivity index (χ4n) is 4.57. The van der Waals surface area contributed by atoms with E-state index in [9.17, 15) is 14.7 Å². The van der Waals surface area contributed by atoms with Gasteiger partial charge in [-0.25, -0.2) is 0 Å². The molecule has 1 aliphatic heterocycles. The highest BCUT2D eigenvalue weighted by atomic mass is 16.3. The van der Waals surface area contributed by atoms with Gasteiger partial charge in [0, 0.05) is 51.6 Å². The third kappa shape index (κ3) is 3.27. The predicted octanol–water partition coefficient (Wildman–Crippen LogP) is 0.691. The van der Waals surface area contributed by atoms with Crippen LogP contribution in [0.2, 0.25) is 0 Å². The van der Waals surface area contributed by atoms with Gasteiger partial charge in [-0.15, -0.1) is 0 Å². The fourth-order valence-corrected chi connectivity index (χ4v) is 4.57. The van der Waals surface area contributed by atoms with E-state index in [0.29, 0.717) is 18.8 Å². The number of carbonyl (C=O) groups excluding carboxylic acids is 2. The molecule has 1 aromatic carbocycles. The molecule has 0 unspecified atom stereocenters. The lowest BCUT2D eigenvalue weighted by Gasteiger charge is -2.39. The first-order valence-electron chi connectivity index (χ1n) is 9.85. The number of aromatic nitrogens is 2. The topological polar surface area (TPSA) is 92.8 Å². The van der Waals surface area contributed by atoms with Gasteiger partial charge in [-0.3, -0.25) is 19.6 Å². The molecule has 150 valence electrons. The third-order valence-electron chi connectivity index (χ3n) is 6.27. The maximum atomic E-state index is 13.0. The molecule has 1 saturated heterocycles. The Hall–Kier alpha value is -2.45. The minimum Gasteiger partial charge on any atom is -0.389 e. The van der Waals surface area contributed by atoms with Crippen LogP contribution in [0.4, 0.5) is 0 Å². The first kappa shape index (κ1) is 18.9. The molecule has 2 aliphatic rings. The molecule has 0 bridgehead atoms. The molecule has 28 heavy (non-hydrogen) atoms. The summed E-state index contributed by atoms with van der Waals surface area (Å²) in [5.74, 6) is -0.0791. The average Bonchev–Trinajstić information content (AvgIpc) is 3.30. The molecular formula is C20H27N5O3. The Bertz CT molecular complexity index is 874. The van der Waals surface area contributed by atoms with Crippen LogP contribution in [-0.2, 0) is 4.79 Å². The molecule has 0 radical (unpaired) electrons. The average molecular weight is 385 g/mol. The second kappa shape index (κ2) is 7.52. The van der Waals surface area contributed by atoms with E-state index in [0.717, 1.165) is 36.8 Å². The van der Waals surface area contributed by atoms with Crippen molar-refractivity contribution in [1.82, 2.24) is 24.9 Å². The van der Waals surface area contributed by atoms with Crippen molar-refractivity contribution in [3.63, 3.8) is 0 Å². The molecule has 4 rings (SSSR count). The van der Waals surface area contributed by atoms with Crippen molar-refractivity contribution in [3.05, 3.63) is 30.0 Å². The number of amides is 2. The van der Waals surface area contributed by atoms with E-state index in [1.165, 1.54) is 0 Å². The van der Waals surface area contributed by atoms with E-state index in [2.05, 4.69) is 15.1 Å². The zero-order valence-electron chi connectivity index (χ0n) is 16.3. The first-order valence-corrected chi connectivity index (χ1v) is 9.85. The number of nitrogens with one attached hydrogen (secondary N) is 1. The van der Waals surface area contributed by atoms with Crippen LogP contribution < -0.4 is 0 Å². The van der Waals surface area contributed by atoms with E-state index in [-0.39, 0.29) is 23.9 Å². The zero-order valence-corrected chi connectivity index (χ0v) is 16.3. The van der Waals surface area contributed by atoms with Gasteiger partial charge in [0.1, 0.15) is 0 Å². The molecular weight excluding hydrogens is 358 g/mol. The molecule has 2 fully saturated rings. The number of nitrogens with zero attached hydrogens (tertiary/aromatic N) is 4. The van der Waals surface area contributed by atoms with Gasteiger partial charge in [0.25, 0.3) is 5.91 Å². The summed E-state index contributed by atoms with van der Waals surface area (Å²) in [5.41, 5.74) is 1.22. The second-order valence-electron chi connectivity index (χ2n) is 7.78. The number of benzene rings is 1. The number of aliphatic hydroxyl groups excluding tert-OH is 1. The van der Waals surface area contributed by atoms with Gasteiger partial charge < -0.3 is 14.9 Å². The van der Waals surface area contributed by atoms with Crippen molar-refractivity contribution >= 4 is 22.7 Å². The number of H-pyrrole nitrogens is 1. The number of likely N-dealkylation sites (N-methyl/N-ethyl adjacent to an activating group) is 1. The highest BCUT2D eigenvalue weighted by molar-refractivity contribution is 6.04. The van der Waals surface area contributed by atoms with Gasteiger partial charge in [0.2, 0.25) is 5.91 Å². The monoisotopic (exact) mass is 385 g/mol. The standard InChI is InChI=1S/C20H27N5O3/c1-13(26)24-9-11-25(12-10-24)17-8-7-16(19(17)27)23(2)20(28)18-14-5-3-4-6-15(14)21-22-18/h3-6,16-17,19,27H,7-12H2,1-2H3,(H,21,22)/t16-,17-,19-/m1/s1. The number of hydrogen-bond acceptors (Lipinski definition) is 5. The lowest BCUT2D eigenvalue weighted by molar-refractivity contribution is -0.131. The number of fused-ring (bicyclic) bond motifs is 1. The van der Waals surface area contributed by atoms with Crippen molar-refractivity contribution < 1.29 is 14.7 Å². The van der Waals surface area contributed by atoms with Gasteiger partial charge in [0.05, 0.1) is 17.7 Å². The number of rotatable bonds is 3. The summed E-state index contributed by atoms with van der Waals surface area (Å²) in [4.78, 5) is 30.3. The van der Waals surface area contributed by atoms with Crippen molar-refractivity contribution in [3.8, 4) is 0 Å².